The highest BCUT2D eigenvalue weighted by Crippen LogP contribution is 2.15. The van der Waals surface area contributed by atoms with Crippen molar-refractivity contribution in [2.24, 2.45) is 5.41 Å². The molecule has 84 valence electrons. The van der Waals surface area contributed by atoms with E-state index in [1.165, 1.54) is 0 Å². The molecular weight excluding hydrogens is 177 g/mol. The highest BCUT2D eigenvalue weighted by molar-refractivity contribution is 4.91. The quantitative estimate of drug-likeness (QED) is 0.360. The standard InChI is InChI=1S/C12H24FN/c1-12(2,3)9-7-5-6-8-10-14(4)11-13/h7,9H,5-6,8,10-11H2,1-4H3/b9-7+. The van der Waals surface area contributed by atoms with Gasteiger partial charge < -0.3 is 0 Å². The van der Waals surface area contributed by atoms with E-state index in [0.717, 1.165) is 25.8 Å². The zero-order valence-electron chi connectivity index (χ0n) is 10.0. The molecule has 2 heteroatoms. The minimum absolute atomic E-state index is 0.287. The Bertz CT molecular complexity index is 158. The van der Waals surface area contributed by atoms with Crippen molar-refractivity contribution in [1.82, 2.24) is 4.90 Å². The van der Waals surface area contributed by atoms with Crippen LogP contribution in [0.5, 0.6) is 0 Å². The maximum absolute atomic E-state index is 12.0. The Balaban J connectivity index is 3.34. The van der Waals surface area contributed by atoms with Crippen LogP contribution in [0, 0.1) is 5.41 Å². The van der Waals surface area contributed by atoms with E-state index in [1.807, 2.05) is 7.05 Å². The van der Waals surface area contributed by atoms with Gasteiger partial charge in [-0.3, -0.25) is 4.90 Å². The first-order chi connectivity index (χ1) is 6.45. The van der Waals surface area contributed by atoms with Crippen molar-refractivity contribution >= 4 is 0 Å². The van der Waals surface area contributed by atoms with Crippen LogP contribution in [-0.2, 0) is 0 Å². The average molecular weight is 201 g/mol. The lowest BCUT2D eigenvalue weighted by molar-refractivity contribution is 0.221. The van der Waals surface area contributed by atoms with E-state index in [1.54, 1.807) is 4.90 Å². The average Bonchev–Trinajstić information content (AvgIpc) is 2.08. The number of halogens is 1. The molecule has 0 aliphatic carbocycles. The van der Waals surface area contributed by atoms with Gasteiger partial charge in [-0.25, -0.2) is 4.39 Å². The predicted octanol–water partition coefficient (Wildman–Crippen LogP) is 3.62. The summed E-state index contributed by atoms with van der Waals surface area (Å²) in [5.74, 6) is 0. The van der Waals surface area contributed by atoms with E-state index in [9.17, 15) is 4.39 Å². The Kier molecular flexibility index (Phi) is 6.81. The fraction of sp³-hybridized carbons (Fsp3) is 0.833. The number of hydrogen-bond acceptors (Lipinski definition) is 1. The molecule has 0 aromatic rings. The lowest BCUT2D eigenvalue weighted by Crippen LogP contribution is -2.17. The van der Waals surface area contributed by atoms with Gasteiger partial charge in [0.2, 0.25) is 0 Å². The summed E-state index contributed by atoms with van der Waals surface area (Å²) in [5, 5.41) is 0. The summed E-state index contributed by atoms with van der Waals surface area (Å²) in [6.45, 7) is 7.11. The molecule has 0 fully saturated rings. The maximum Gasteiger partial charge on any atom is 0.142 e. The van der Waals surface area contributed by atoms with Gasteiger partial charge in [-0.2, -0.15) is 0 Å². The number of nitrogens with zero attached hydrogens (tertiary/aromatic N) is 1. The van der Waals surface area contributed by atoms with Crippen molar-refractivity contribution in [3.05, 3.63) is 12.2 Å². The molecule has 0 unspecified atom stereocenters. The van der Waals surface area contributed by atoms with Crippen LogP contribution in [0.1, 0.15) is 40.0 Å². The van der Waals surface area contributed by atoms with E-state index in [-0.39, 0.29) is 12.2 Å². The molecule has 0 radical (unpaired) electrons. The topological polar surface area (TPSA) is 3.24 Å². The van der Waals surface area contributed by atoms with Gasteiger partial charge in [0, 0.05) is 6.54 Å². The first kappa shape index (κ1) is 13.6. The Labute approximate surface area is 88.0 Å². The minimum Gasteiger partial charge on any atom is -0.280 e. The van der Waals surface area contributed by atoms with Crippen LogP contribution in [0.25, 0.3) is 0 Å². The zero-order valence-corrected chi connectivity index (χ0v) is 10.0. The second-order valence-corrected chi connectivity index (χ2v) is 4.96. The van der Waals surface area contributed by atoms with Crippen LogP contribution in [0.4, 0.5) is 4.39 Å². The fourth-order valence-electron chi connectivity index (χ4n) is 1.14. The summed E-state index contributed by atoms with van der Waals surface area (Å²) in [5.41, 5.74) is 0.287. The minimum atomic E-state index is -0.335. The van der Waals surface area contributed by atoms with Gasteiger partial charge in [-0.1, -0.05) is 32.9 Å². The van der Waals surface area contributed by atoms with Gasteiger partial charge in [-0.15, -0.1) is 0 Å². The third-order valence-corrected chi connectivity index (χ3v) is 1.98. The molecule has 0 N–H and O–H groups in total. The zero-order chi connectivity index (χ0) is 11.0. The van der Waals surface area contributed by atoms with Gasteiger partial charge in [-0.05, 0) is 31.7 Å². The molecule has 0 amide bonds. The first-order valence-electron chi connectivity index (χ1n) is 5.38. The molecule has 14 heavy (non-hydrogen) atoms. The van der Waals surface area contributed by atoms with Crippen LogP contribution in [-0.4, -0.2) is 25.3 Å². The third kappa shape index (κ3) is 9.72. The molecule has 1 nitrogen and oxygen atoms in total. The van der Waals surface area contributed by atoms with Gasteiger partial charge in [0.25, 0.3) is 0 Å². The summed E-state index contributed by atoms with van der Waals surface area (Å²) in [7, 11) is 1.81. The SMILES string of the molecule is CN(CF)CCCC/C=C/C(C)(C)C. The van der Waals surface area contributed by atoms with E-state index in [4.69, 9.17) is 0 Å². The molecule has 0 aliphatic rings. The maximum atomic E-state index is 12.0. The number of unbranched alkanes of at least 4 members (excludes halogenated alkanes) is 2. The van der Waals surface area contributed by atoms with Crippen molar-refractivity contribution in [3.63, 3.8) is 0 Å². The molecule has 0 aliphatic heterocycles. The Morgan fingerprint density at radius 2 is 1.86 bits per heavy atom. The molecule has 0 saturated carbocycles. The van der Waals surface area contributed by atoms with Crippen LogP contribution < -0.4 is 0 Å². The molecule has 0 saturated heterocycles. The van der Waals surface area contributed by atoms with Crippen LogP contribution in [0.2, 0.25) is 0 Å². The second-order valence-electron chi connectivity index (χ2n) is 4.96. The predicted molar refractivity (Wildman–Crippen MR) is 61.1 cm³/mol. The molecule has 0 bridgehead atoms. The second kappa shape index (κ2) is 6.99. The van der Waals surface area contributed by atoms with Gasteiger partial charge in [0.1, 0.15) is 6.80 Å². The highest BCUT2D eigenvalue weighted by Gasteiger charge is 2.02. The van der Waals surface area contributed by atoms with E-state index in [0.29, 0.717) is 0 Å². The van der Waals surface area contributed by atoms with E-state index in [2.05, 4.69) is 32.9 Å². The Morgan fingerprint density at radius 3 is 2.36 bits per heavy atom. The van der Waals surface area contributed by atoms with E-state index >= 15 is 0 Å². The van der Waals surface area contributed by atoms with Crippen molar-refractivity contribution in [3.8, 4) is 0 Å². The molecule has 0 rings (SSSR count). The summed E-state index contributed by atoms with van der Waals surface area (Å²) in [4.78, 5) is 1.70. The molecule has 0 heterocycles. The van der Waals surface area contributed by atoms with E-state index < -0.39 is 0 Å². The summed E-state index contributed by atoms with van der Waals surface area (Å²) in [6.07, 6.45) is 7.81. The van der Waals surface area contributed by atoms with Gasteiger partial charge in [0.05, 0.1) is 0 Å². The number of allylic oxidation sites excluding steroid dienone is 2. The van der Waals surface area contributed by atoms with Crippen LogP contribution in [0.3, 0.4) is 0 Å². The van der Waals surface area contributed by atoms with Crippen molar-refractivity contribution in [2.75, 3.05) is 20.4 Å². The van der Waals surface area contributed by atoms with Crippen LogP contribution in [0.15, 0.2) is 12.2 Å². The lowest BCUT2D eigenvalue weighted by Gasteiger charge is -2.12. The third-order valence-electron chi connectivity index (χ3n) is 1.98. The number of hydrogen-bond donors (Lipinski definition) is 0. The first-order valence-corrected chi connectivity index (χ1v) is 5.38. The van der Waals surface area contributed by atoms with Gasteiger partial charge in [0.15, 0.2) is 0 Å². The Morgan fingerprint density at radius 1 is 1.21 bits per heavy atom. The van der Waals surface area contributed by atoms with Gasteiger partial charge >= 0.3 is 0 Å². The summed E-state index contributed by atoms with van der Waals surface area (Å²) in [6, 6.07) is 0. The molecule has 0 spiro atoms. The highest BCUT2D eigenvalue weighted by atomic mass is 19.1. The van der Waals surface area contributed by atoms with Crippen molar-refractivity contribution in [2.45, 2.75) is 40.0 Å². The Hall–Kier alpha value is -0.370. The largest absolute Gasteiger partial charge is 0.280 e. The molecular formula is C12H24FN. The van der Waals surface area contributed by atoms with Crippen molar-refractivity contribution in [1.29, 1.82) is 0 Å². The number of alkyl halides is 1. The molecule has 0 aromatic carbocycles. The smallest absolute Gasteiger partial charge is 0.142 e. The normalized spacial score (nSPS) is 13.0. The lowest BCUT2D eigenvalue weighted by atomic mass is 9.96. The summed E-state index contributed by atoms with van der Waals surface area (Å²) >= 11 is 0. The monoisotopic (exact) mass is 201 g/mol. The fourth-order valence-corrected chi connectivity index (χ4v) is 1.14. The summed E-state index contributed by atoms with van der Waals surface area (Å²) < 4.78 is 12.0. The molecule has 0 atom stereocenters. The molecule has 0 aromatic heterocycles. The van der Waals surface area contributed by atoms with Crippen molar-refractivity contribution < 1.29 is 4.39 Å². The van der Waals surface area contributed by atoms with Crippen LogP contribution >= 0.6 is 0 Å². The number of rotatable bonds is 6.